The molecule has 2 N–H and O–H groups in total. The molecule has 0 fully saturated rings. The lowest BCUT2D eigenvalue weighted by Crippen LogP contribution is -2.26. The minimum absolute atomic E-state index is 0.163. The number of esters is 1. The molecule has 7 nitrogen and oxygen atoms in total. The second-order valence-electron chi connectivity index (χ2n) is 3.35. The van der Waals surface area contributed by atoms with Crippen LogP contribution in [0.1, 0.15) is 10.5 Å². The summed E-state index contributed by atoms with van der Waals surface area (Å²) in [6, 6.07) is 1.51. The minimum Gasteiger partial charge on any atom is -0.464 e. The topological polar surface area (TPSA) is 97.4 Å². The summed E-state index contributed by atoms with van der Waals surface area (Å²) in [5.74, 6) is -0.782. The molecule has 0 unspecified atom stereocenters. The molecule has 92 valence electrons. The molecule has 0 radical (unpaired) electrons. The number of rotatable bonds is 1. The maximum Gasteiger partial charge on any atom is 0.358 e. The highest BCUT2D eigenvalue weighted by molar-refractivity contribution is 7.89. The van der Waals surface area contributed by atoms with Crippen molar-refractivity contribution in [3.63, 3.8) is 0 Å². The van der Waals surface area contributed by atoms with Crippen molar-refractivity contribution >= 4 is 21.7 Å². The van der Waals surface area contributed by atoms with Crippen molar-refractivity contribution in [2.75, 3.05) is 25.5 Å². The van der Waals surface area contributed by atoms with Crippen LogP contribution >= 0.6 is 0 Å². The van der Waals surface area contributed by atoms with E-state index in [-0.39, 0.29) is 17.1 Å². The normalized spacial score (nSPS) is 17.5. The third-order valence-electron chi connectivity index (χ3n) is 2.28. The molecule has 2 heterocycles. The molecule has 0 saturated heterocycles. The first kappa shape index (κ1) is 11.8. The number of hydrogen-bond acceptors (Lipinski definition) is 6. The average molecular weight is 257 g/mol. The van der Waals surface area contributed by atoms with Gasteiger partial charge in [-0.15, -0.1) is 0 Å². The maximum atomic E-state index is 11.9. The Morgan fingerprint density at radius 2 is 2.24 bits per heavy atom. The fraction of sp³-hybridized carbons (Fsp3) is 0.333. The molecule has 0 aromatic carbocycles. The molecule has 0 amide bonds. The summed E-state index contributed by atoms with van der Waals surface area (Å²) in [6.45, 7) is 0.689. The number of anilines is 1. The molecule has 0 aliphatic carbocycles. The third-order valence-corrected chi connectivity index (χ3v) is 3.82. The zero-order chi connectivity index (χ0) is 12.5. The summed E-state index contributed by atoms with van der Waals surface area (Å²) in [5, 5.41) is 2.91. The van der Waals surface area contributed by atoms with E-state index in [1.807, 2.05) is 0 Å². The predicted molar refractivity (Wildman–Crippen MR) is 59.3 cm³/mol. The fourth-order valence-electron chi connectivity index (χ4n) is 1.56. The van der Waals surface area contributed by atoms with Crippen molar-refractivity contribution in [1.82, 2.24) is 9.71 Å². The number of carbonyl (C=O) groups excluding carboxylic acids is 1. The van der Waals surface area contributed by atoms with E-state index in [1.54, 1.807) is 0 Å². The summed E-state index contributed by atoms with van der Waals surface area (Å²) in [4.78, 5) is 15.1. The van der Waals surface area contributed by atoms with E-state index >= 15 is 0 Å². The van der Waals surface area contributed by atoms with E-state index in [0.717, 1.165) is 0 Å². The van der Waals surface area contributed by atoms with E-state index < -0.39 is 16.0 Å². The number of methoxy groups -OCH3 is 1. The zero-order valence-electron chi connectivity index (χ0n) is 9.06. The molecule has 17 heavy (non-hydrogen) atoms. The lowest BCUT2D eigenvalue weighted by atomic mass is 10.3. The number of ether oxygens (including phenoxy) is 1. The number of carbonyl (C=O) groups is 1. The van der Waals surface area contributed by atoms with Gasteiger partial charge < -0.3 is 10.1 Å². The zero-order valence-corrected chi connectivity index (χ0v) is 9.87. The van der Waals surface area contributed by atoms with E-state index in [4.69, 9.17) is 0 Å². The van der Waals surface area contributed by atoms with Crippen molar-refractivity contribution in [2.24, 2.45) is 0 Å². The molecule has 1 aliphatic rings. The lowest BCUT2D eigenvalue weighted by Gasteiger charge is -2.09. The molecular formula is C9H11N3O4S. The molecule has 1 aromatic rings. The van der Waals surface area contributed by atoms with Gasteiger partial charge in [-0.25, -0.2) is 22.9 Å². The first-order chi connectivity index (χ1) is 8.06. The average Bonchev–Trinajstić information content (AvgIpc) is 2.47. The van der Waals surface area contributed by atoms with Gasteiger partial charge in [0.15, 0.2) is 5.69 Å². The van der Waals surface area contributed by atoms with Gasteiger partial charge in [-0.05, 0) is 6.07 Å². The third kappa shape index (κ3) is 2.08. The lowest BCUT2D eigenvalue weighted by molar-refractivity contribution is 0.0589. The second kappa shape index (κ2) is 4.30. The maximum absolute atomic E-state index is 11.9. The van der Waals surface area contributed by atoms with Crippen LogP contribution in [0.25, 0.3) is 0 Å². The Morgan fingerprint density at radius 3 is 2.94 bits per heavy atom. The standard InChI is InChI=1S/C9H11N3O4S/c1-16-9(13)7-8-6(2-3-11-7)10-4-5-12-17(8,14)15/h2-3,10,12H,4-5H2,1H3. The van der Waals surface area contributed by atoms with Gasteiger partial charge in [0.2, 0.25) is 10.0 Å². The number of nitrogens with one attached hydrogen (secondary N) is 2. The molecule has 8 heteroatoms. The first-order valence-electron chi connectivity index (χ1n) is 4.87. The number of fused-ring (bicyclic) bond motifs is 1. The van der Waals surface area contributed by atoms with Gasteiger partial charge in [0.05, 0.1) is 12.8 Å². The Bertz CT molecular complexity index is 555. The Labute approximate surface area is 98.2 Å². The number of aromatic nitrogens is 1. The molecular weight excluding hydrogens is 246 g/mol. The molecule has 0 spiro atoms. The Balaban J connectivity index is 2.69. The molecule has 1 aromatic heterocycles. The van der Waals surface area contributed by atoms with E-state index in [2.05, 4.69) is 19.8 Å². The van der Waals surface area contributed by atoms with Gasteiger partial charge in [-0.3, -0.25) is 0 Å². The first-order valence-corrected chi connectivity index (χ1v) is 6.35. The van der Waals surface area contributed by atoms with E-state index in [1.165, 1.54) is 19.4 Å². The number of sulfonamides is 1. The highest BCUT2D eigenvalue weighted by Crippen LogP contribution is 2.25. The van der Waals surface area contributed by atoms with Crippen molar-refractivity contribution in [3.8, 4) is 0 Å². The second-order valence-corrected chi connectivity index (χ2v) is 5.06. The number of pyridine rings is 1. The van der Waals surface area contributed by atoms with Gasteiger partial charge in [0, 0.05) is 19.3 Å². The van der Waals surface area contributed by atoms with Gasteiger partial charge >= 0.3 is 5.97 Å². The Morgan fingerprint density at radius 1 is 1.47 bits per heavy atom. The van der Waals surface area contributed by atoms with Crippen LogP contribution < -0.4 is 10.0 Å². The van der Waals surface area contributed by atoms with Gasteiger partial charge in [-0.2, -0.15) is 0 Å². The monoisotopic (exact) mass is 257 g/mol. The van der Waals surface area contributed by atoms with Crippen LogP contribution in [0.5, 0.6) is 0 Å². The molecule has 0 saturated carbocycles. The van der Waals surface area contributed by atoms with Gasteiger partial charge in [-0.1, -0.05) is 0 Å². The minimum atomic E-state index is -3.74. The highest BCUT2D eigenvalue weighted by Gasteiger charge is 2.29. The quantitative estimate of drug-likeness (QED) is 0.663. The summed E-state index contributed by atoms with van der Waals surface area (Å²) >= 11 is 0. The van der Waals surface area contributed by atoms with Gasteiger partial charge in [0.25, 0.3) is 0 Å². The highest BCUT2D eigenvalue weighted by atomic mass is 32.2. The van der Waals surface area contributed by atoms with E-state index in [9.17, 15) is 13.2 Å². The number of hydrogen-bond donors (Lipinski definition) is 2. The predicted octanol–water partition coefficient (Wildman–Crippen LogP) is -0.428. The Hall–Kier alpha value is -1.67. The molecule has 1 aliphatic heterocycles. The summed E-state index contributed by atoms with van der Waals surface area (Å²) in [7, 11) is -2.57. The number of nitrogens with zero attached hydrogens (tertiary/aromatic N) is 1. The molecule has 0 bridgehead atoms. The van der Waals surface area contributed by atoms with Crippen molar-refractivity contribution in [1.29, 1.82) is 0 Å². The van der Waals surface area contributed by atoms with Crippen LogP contribution in [0.15, 0.2) is 17.2 Å². The molecule has 0 atom stereocenters. The van der Waals surface area contributed by atoms with Crippen LogP contribution in [0.3, 0.4) is 0 Å². The summed E-state index contributed by atoms with van der Waals surface area (Å²) < 4.78 is 30.7. The van der Waals surface area contributed by atoms with Crippen LogP contribution in [-0.2, 0) is 14.8 Å². The fourth-order valence-corrected chi connectivity index (χ4v) is 2.89. The van der Waals surface area contributed by atoms with Crippen LogP contribution in [0.4, 0.5) is 5.69 Å². The van der Waals surface area contributed by atoms with Gasteiger partial charge in [0.1, 0.15) is 4.90 Å². The summed E-state index contributed by atoms with van der Waals surface area (Å²) in [6.07, 6.45) is 1.36. The van der Waals surface area contributed by atoms with Crippen molar-refractivity contribution in [2.45, 2.75) is 4.90 Å². The van der Waals surface area contributed by atoms with Crippen LogP contribution in [0, 0.1) is 0 Å². The smallest absolute Gasteiger partial charge is 0.358 e. The molecule has 2 rings (SSSR count). The van der Waals surface area contributed by atoms with Crippen molar-refractivity contribution < 1.29 is 17.9 Å². The Kier molecular flexibility index (Phi) is 2.99. The van der Waals surface area contributed by atoms with E-state index in [0.29, 0.717) is 12.2 Å². The van der Waals surface area contributed by atoms with Crippen molar-refractivity contribution in [3.05, 3.63) is 18.0 Å². The van der Waals surface area contributed by atoms with Crippen LogP contribution in [-0.4, -0.2) is 39.6 Å². The van der Waals surface area contributed by atoms with Crippen LogP contribution in [0.2, 0.25) is 0 Å². The SMILES string of the molecule is COC(=O)c1nccc2c1S(=O)(=O)NCCN2. The summed E-state index contributed by atoms with van der Waals surface area (Å²) in [5.41, 5.74) is 0.136. The largest absolute Gasteiger partial charge is 0.464 e.